The van der Waals surface area contributed by atoms with Gasteiger partial charge in [-0.05, 0) is 53.6 Å². The van der Waals surface area contributed by atoms with Crippen molar-refractivity contribution < 1.29 is 14.0 Å². The van der Waals surface area contributed by atoms with Gasteiger partial charge in [0.15, 0.2) is 0 Å². The number of amides is 2. The van der Waals surface area contributed by atoms with E-state index in [2.05, 4.69) is 0 Å². The van der Waals surface area contributed by atoms with Crippen molar-refractivity contribution >= 4 is 34.4 Å². The second-order valence-electron chi connectivity index (χ2n) is 6.22. The Labute approximate surface area is 149 Å². The van der Waals surface area contributed by atoms with Crippen LogP contribution in [0.5, 0.6) is 0 Å². The molecule has 0 unspecified atom stereocenters. The summed E-state index contributed by atoms with van der Waals surface area (Å²) < 4.78 is 13.8. The molecule has 2 fully saturated rings. The van der Waals surface area contributed by atoms with E-state index in [-0.39, 0.29) is 23.5 Å². The standard InChI is InChI=1S/C17H20FIN2O2/c18-13-5-6-14(15(19)11-13)17(23)21-9-7-20(8-10-21)16(22)12-3-1-2-4-12/h5-6,11-12H,1-4,7-10H2. The summed E-state index contributed by atoms with van der Waals surface area (Å²) in [5.74, 6) is 0.0292. The number of halogens is 2. The van der Waals surface area contributed by atoms with Crippen molar-refractivity contribution in [3.63, 3.8) is 0 Å². The van der Waals surface area contributed by atoms with Gasteiger partial charge in [-0.15, -0.1) is 0 Å². The number of carbonyl (C=O) groups excluding carboxylic acids is 2. The molecule has 1 saturated carbocycles. The summed E-state index contributed by atoms with van der Waals surface area (Å²) in [6.45, 7) is 2.28. The molecule has 124 valence electrons. The normalized spacial score (nSPS) is 19.2. The van der Waals surface area contributed by atoms with Crippen LogP contribution in [0.1, 0.15) is 36.0 Å². The van der Waals surface area contributed by atoms with Gasteiger partial charge in [-0.2, -0.15) is 0 Å². The van der Waals surface area contributed by atoms with Crippen LogP contribution in [-0.2, 0) is 4.79 Å². The molecule has 3 rings (SSSR count). The minimum absolute atomic E-state index is 0.0811. The fourth-order valence-electron chi connectivity index (χ4n) is 3.39. The third kappa shape index (κ3) is 3.67. The minimum Gasteiger partial charge on any atom is -0.339 e. The number of hydrogen-bond acceptors (Lipinski definition) is 2. The second kappa shape index (κ2) is 7.15. The van der Waals surface area contributed by atoms with Crippen LogP contribution in [0.25, 0.3) is 0 Å². The lowest BCUT2D eigenvalue weighted by Gasteiger charge is -2.36. The van der Waals surface area contributed by atoms with Crippen molar-refractivity contribution in [3.05, 3.63) is 33.1 Å². The first-order valence-corrected chi connectivity index (χ1v) is 9.17. The van der Waals surface area contributed by atoms with E-state index >= 15 is 0 Å². The van der Waals surface area contributed by atoms with Crippen molar-refractivity contribution in [3.8, 4) is 0 Å². The highest BCUT2D eigenvalue weighted by molar-refractivity contribution is 14.1. The zero-order chi connectivity index (χ0) is 16.4. The second-order valence-corrected chi connectivity index (χ2v) is 7.39. The van der Waals surface area contributed by atoms with E-state index in [0.717, 1.165) is 25.7 Å². The van der Waals surface area contributed by atoms with Crippen molar-refractivity contribution in [1.29, 1.82) is 0 Å². The molecule has 1 aromatic carbocycles. The zero-order valence-electron chi connectivity index (χ0n) is 12.9. The third-order valence-corrected chi connectivity index (χ3v) is 5.64. The summed E-state index contributed by atoms with van der Waals surface area (Å²) in [6, 6.07) is 4.22. The molecule has 23 heavy (non-hydrogen) atoms. The summed E-state index contributed by atoms with van der Waals surface area (Å²) in [5.41, 5.74) is 0.530. The van der Waals surface area contributed by atoms with Crippen LogP contribution in [0.3, 0.4) is 0 Å². The van der Waals surface area contributed by atoms with Gasteiger partial charge in [-0.25, -0.2) is 4.39 Å². The average Bonchev–Trinajstić information content (AvgIpc) is 3.08. The Balaban J connectivity index is 1.60. The van der Waals surface area contributed by atoms with E-state index in [1.165, 1.54) is 18.2 Å². The molecule has 0 atom stereocenters. The molecule has 0 aromatic heterocycles. The average molecular weight is 430 g/mol. The lowest BCUT2D eigenvalue weighted by Crippen LogP contribution is -2.51. The maximum absolute atomic E-state index is 13.2. The van der Waals surface area contributed by atoms with Crippen LogP contribution in [0, 0.1) is 15.3 Å². The molecule has 6 heteroatoms. The molecule has 1 heterocycles. The number of nitrogens with zero attached hydrogens (tertiary/aromatic N) is 2. The molecule has 0 radical (unpaired) electrons. The number of hydrogen-bond donors (Lipinski definition) is 0. The third-order valence-electron chi connectivity index (χ3n) is 4.74. The molecule has 2 amide bonds. The molecule has 0 N–H and O–H groups in total. The molecule has 1 aliphatic carbocycles. The first-order chi connectivity index (χ1) is 11.1. The predicted octanol–water partition coefficient (Wildman–Crippen LogP) is 2.90. The molecule has 1 aromatic rings. The minimum atomic E-state index is -0.335. The highest BCUT2D eigenvalue weighted by Gasteiger charge is 2.31. The number of piperazine rings is 1. The Morgan fingerprint density at radius 2 is 1.65 bits per heavy atom. The monoisotopic (exact) mass is 430 g/mol. The van der Waals surface area contributed by atoms with Gasteiger partial charge >= 0.3 is 0 Å². The van der Waals surface area contributed by atoms with Gasteiger partial charge in [0, 0.05) is 35.7 Å². The molecule has 0 spiro atoms. The summed E-state index contributed by atoms with van der Waals surface area (Å²) in [5, 5.41) is 0. The van der Waals surface area contributed by atoms with Crippen molar-refractivity contribution in [2.75, 3.05) is 26.2 Å². The van der Waals surface area contributed by atoms with E-state index in [0.29, 0.717) is 35.3 Å². The Morgan fingerprint density at radius 1 is 1.04 bits per heavy atom. The summed E-state index contributed by atoms with van der Waals surface area (Å²) in [4.78, 5) is 28.6. The molecule has 1 saturated heterocycles. The largest absolute Gasteiger partial charge is 0.339 e. The lowest BCUT2D eigenvalue weighted by atomic mass is 10.1. The summed E-state index contributed by atoms with van der Waals surface area (Å²) in [7, 11) is 0. The Morgan fingerprint density at radius 3 is 2.26 bits per heavy atom. The van der Waals surface area contributed by atoms with E-state index in [9.17, 15) is 14.0 Å². The molecular weight excluding hydrogens is 410 g/mol. The van der Waals surface area contributed by atoms with Crippen molar-refractivity contribution in [1.82, 2.24) is 9.80 Å². The van der Waals surface area contributed by atoms with Crippen LogP contribution >= 0.6 is 22.6 Å². The van der Waals surface area contributed by atoms with E-state index < -0.39 is 0 Å². The smallest absolute Gasteiger partial charge is 0.255 e. The van der Waals surface area contributed by atoms with E-state index in [4.69, 9.17) is 0 Å². The van der Waals surface area contributed by atoms with Crippen LogP contribution in [0.2, 0.25) is 0 Å². The maximum Gasteiger partial charge on any atom is 0.255 e. The quantitative estimate of drug-likeness (QED) is 0.678. The Bertz CT molecular complexity index is 609. The van der Waals surface area contributed by atoms with Crippen LogP contribution in [0.4, 0.5) is 4.39 Å². The van der Waals surface area contributed by atoms with Gasteiger partial charge < -0.3 is 9.80 Å². The highest BCUT2D eigenvalue weighted by Crippen LogP contribution is 2.27. The highest BCUT2D eigenvalue weighted by atomic mass is 127. The van der Waals surface area contributed by atoms with Crippen molar-refractivity contribution in [2.24, 2.45) is 5.92 Å². The first-order valence-electron chi connectivity index (χ1n) is 8.09. The van der Waals surface area contributed by atoms with Crippen LogP contribution in [-0.4, -0.2) is 47.8 Å². The maximum atomic E-state index is 13.2. The van der Waals surface area contributed by atoms with Crippen LogP contribution in [0.15, 0.2) is 18.2 Å². The molecular formula is C17H20FIN2O2. The first kappa shape index (κ1) is 16.7. The number of rotatable bonds is 2. The predicted molar refractivity (Wildman–Crippen MR) is 93.6 cm³/mol. The van der Waals surface area contributed by atoms with Gasteiger partial charge in [0.05, 0.1) is 5.56 Å². The van der Waals surface area contributed by atoms with Crippen molar-refractivity contribution in [2.45, 2.75) is 25.7 Å². The number of benzene rings is 1. The zero-order valence-corrected chi connectivity index (χ0v) is 15.1. The molecule has 4 nitrogen and oxygen atoms in total. The van der Waals surface area contributed by atoms with Gasteiger partial charge in [0.2, 0.25) is 5.91 Å². The van der Waals surface area contributed by atoms with Gasteiger partial charge in [-0.1, -0.05) is 12.8 Å². The lowest BCUT2D eigenvalue weighted by molar-refractivity contribution is -0.136. The van der Waals surface area contributed by atoms with E-state index in [1.807, 2.05) is 27.5 Å². The van der Waals surface area contributed by atoms with Gasteiger partial charge in [0.25, 0.3) is 5.91 Å². The Kier molecular flexibility index (Phi) is 5.18. The number of carbonyl (C=O) groups is 2. The summed E-state index contributed by atoms with van der Waals surface area (Å²) >= 11 is 1.99. The fourth-order valence-corrected chi connectivity index (χ4v) is 4.10. The topological polar surface area (TPSA) is 40.6 Å². The van der Waals surface area contributed by atoms with Crippen LogP contribution < -0.4 is 0 Å². The van der Waals surface area contributed by atoms with Gasteiger partial charge in [-0.3, -0.25) is 9.59 Å². The molecule has 2 aliphatic rings. The molecule has 0 bridgehead atoms. The fraction of sp³-hybridized carbons (Fsp3) is 0.529. The van der Waals surface area contributed by atoms with Gasteiger partial charge in [0.1, 0.15) is 5.82 Å². The van der Waals surface area contributed by atoms with E-state index in [1.54, 1.807) is 4.90 Å². The molecule has 1 aliphatic heterocycles. The SMILES string of the molecule is O=C(c1ccc(F)cc1I)N1CCN(C(=O)C2CCCC2)CC1. The summed E-state index contributed by atoms with van der Waals surface area (Å²) in [6.07, 6.45) is 4.31. The Hall–Kier alpha value is -1.18.